The zero-order valence-electron chi connectivity index (χ0n) is 11.7. The summed E-state index contributed by atoms with van der Waals surface area (Å²) >= 11 is 7.88. The maximum atomic E-state index is 12.2. The van der Waals surface area contributed by atoms with Crippen LogP contribution >= 0.6 is 23.4 Å². The van der Waals surface area contributed by atoms with E-state index < -0.39 is 4.92 Å². The Kier molecular flexibility index (Phi) is 5.47. The third-order valence-electron chi connectivity index (χ3n) is 3.53. The van der Waals surface area contributed by atoms with Gasteiger partial charge in [0.2, 0.25) is 0 Å². The molecule has 1 aromatic carbocycles. The Balaban J connectivity index is 1.99. The fraction of sp³-hybridized carbons (Fsp3) is 0.500. The van der Waals surface area contributed by atoms with Crippen molar-refractivity contribution >= 4 is 35.0 Å². The van der Waals surface area contributed by atoms with Crippen molar-refractivity contribution in [3.63, 3.8) is 0 Å². The van der Waals surface area contributed by atoms with Gasteiger partial charge in [0.25, 0.3) is 11.6 Å². The Hall–Kier alpha value is -1.27. The predicted octanol–water partition coefficient (Wildman–Crippen LogP) is 3.65. The number of thioether (sulfide) groups is 1. The molecule has 1 aromatic rings. The van der Waals surface area contributed by atoms with Crippen LogP contribution in [0, 0.1) is 10.1 Å². The van der Waals surface area contributed by atoms with Gasteiger partial charge in [-0.15, -0.1) is 0 Å². The van der Waals surface area contributed by atoms with Crippen LogP contribution in [0.1, 0.15) is 36.5 Å². The summed E-state index contributed by atoms with van der Waals surface area (Å²) in [5, 5.41) is 14.3. The van der Waals surface area contributed by atoms with Crippen LogP contribution in [0.4, 0.5) is 5.69 Å². The monoisotopic (exact) mass is 328 g/mol. The molecule has 0 radical (unpaired) electrons. The molecule has 1 N–H and O–H groups in total. The molecule has 1 saturated carbocycles. The topological polar surface area (TPSA) is 72.2 Å². The molecule has 0 bridgehead atoms. The fourth-order valence-corrected chi connectivity index (χ4v) is 3.93. The number of nitro benzene ring substituents is 1. The normalized spacial score (nSPS) is 21.2. The second-order valence-corrected chi connectivity index (χ2v) is 6.97. The Morgan fingerprint density at radius 2 is 2.29 bits per heavy atom. The van der Waals surface area contributed by atoms with Crippen LogP contribution in [0.25, 0.3) is 0 Å². The predicted molar refractivity (Wildman–Crippen MR) is 85.1 cm³/mol. The lowest BCUT2D eigenvalue weighted by Gasteiger charge is -2.13. The lowest BCUT2D eigenvalue weighted by molar-refractivity contribution is -0.384. The second-order valence-electron chi connectivity index (χ2n) is 4.98. The molecule has 1 aliphatic rings. The summed E-state index contributed by atoms with van der Waals surface area (Å²) in [6.45, 7) is 2.13. The molecule has 0 aromatic heterocycles. The van der Waals surface area contributed by atoms with Crippen molar-refractivity contribution in [3.8, 4) is 0 Å². The highest BCUT2D eigenvalue weighted by molar-refractivity contribution is 7.99. The van der Waals surface area contributed by atoms with Crippen molar-refractivity contribution in [3.05, 3.63) is 38.9 Å². The maximum Gasteiger partial charge on any atom is 0.270 e. The number of hydrogen-bond donors (Lipinski definition) is 1. The van der Waals surface area contributed by atoms with Crippen LogP contribution in [0.3, 0.4) is 0 Å². The van der Waals surface area contributed by atoms with Crippen molar-refractivity contribution in [2.24, 2.45) is 0 Å². The van der Waals surface area contributed by atoms with Gasteiger partial charge in [-0.25, -0.2) is 0 Å². The van der Waals surface area contributed by atoms with Crippen LogP contribution < -0.4 is 5.32 Å². The fourth-order valence-electron chi connectivity index (χ4n) is 2.52. The zero-order chi connectivity index (χ0) is 15.4. The first-order valence-electron chi connectivity index (χ1n) is 6.87. The van der Waals surface area contributed by atoms with E-state index in [1.165, 1.54) is 18.2 Å². The smallest absolute Gasteiger partial charge is 0.270 e. The first-order chi connectivity index (χ1) is 10.0. The van der Waals surface area contributed by atoms with Crippen LogP contribution in [-0.2, 0) is 0 Å². The van der Waals surface area contributed by atoms with Crippen LogP contribution in [0.5, 0.6) is 0 Å². The molecule has 7 heteroatoms. The Labute approximate surface area is 132 Å². The lowest BCUT2D eigenvalue weighted by Crippen LogP contribution is -2.33. The van der Waals surface area contributed by atoms with Crippen molar-refractivity contribution in [2.45, 2.75) is 37.5 Å². The summed E-state index contributed by atoms with van der Waals surface area (Å²) in [6, 6.07) is 4.07. The number of nitrogens with one attached hydrogen (secondary N) is 1. The molecule has 1 aliphatic carbocycles. The standard InChI is InChI=1S/C14H17ClN2O3S/c1-2-21-11-5-3-9(7-11)16-14(18)12-6-4-10(17(19)20)8-13(12)15/h4,6,8-9,11H,2-3,5,7H2,1H3,(H,16,18). The van der Waals surface area contributed by atoms with E-state index in [4.69, 9.17) is 11.6 Å². The summed E-state index contributed by atoms with van der Waals surface area (Å²) in [4.78, 5) is 22.3. The molecule has 2 rings (SSSR count). The van der Waals surface area contributed by atoms with Crippen LogP contribution in [-0.4, -0.2) is 27.9 Å². The number of benzene rings is 1. The summed E-state index contributed by atoms with van der Waals surface area (Å²) in [5.74, 6) is 0.821. The molecule has 114 valence electrons. The molecule has 0 aliphatic heterocycles. The number of rotatable bonds is 5. The molecule has 5 nitrogen and oxygen atoms in total. The van der Waals surface area contributed by atoms with E-state index in [1.54, 1.807) is 0 Å². The molecule has 21 heavy (non-hydrogen) atoms. The maximum absolute atomic E-state index is 12.2. The van der Waals surface area contributed by atoms with Crippen LogP contribution in [0.2, 0.25) is 5.02 Å². The minimum atomic E-state index is -0.531. The van der Waals surface area contributed by atoms with Gasteiger partial charge in [0.1, 0.15) is 0 Å². The minimum absolute atomic E-state index is 0.110. The summed E-state index contributed by atoms with van der Waals surface area (Å²) in [7, 11) is 0. The van der Waals surface area contributed by atoms with E-state index in [1.807, 2.05) is 11.8 Å². The quantitative estimate of drug-likeness (QED) is 0.661. The Morgan fingerprint density at radius 3 is 2.90 bits per heavy atom. The molecule has 0 saturated heterocycles. The van der Waals surface area contributed by atoms with Gasteiger partial charge >= 0.3 is 0 Å². The number of carbonyl (C=O) groups excluding carboxylic acids is 1. The Bertz CT molecular complexity index is 553. The van der Waals surface area contributed by atoms with Crippen molar-refractivity contribution in [2.75, 3.05) is 5.75 Å². The minimum Gasteiger partial charge on any atom is -0.349 e. The highest BCUT2D eigenvalue weighted by Crippen LogP contribution is 2.30. The number of nitro groups is 1. The van der Waals surface area contributed by atoms with E-state index >= 15 is 0 Å². The first-order valence-corrected chi connectivity index (χ1v) is 8.30. The van der Waals surface area contributed by atoms with Gasteiger partial charge in [-0.1, -0.05) is 18.5 Å². The van der Waals surface area contributed by atoms with Crippen molar-refractivity contribution in [1.29, 1.82) is 0 Å². The SMILES string of the molecule is CCSC1CCC(NC(=O)c2ccc([N+](=O)[O-])cc2Cl)C1. The van der Waals surface area contributed by atoms with E-state index in [9.17, 15) is 14.9 Å². The number of nitrogens with zero attached hydrogens (tertiary/aromatic N) is 1. The third-order valence-corrected chi connectivity index (χ3v) is 5.08. The number of amides is 1. The van der Waals surface area contributed by atoms with Gasteiger partial charge in [0.15, 0.2) is 0 Å². The summed E-state index contributed by atoms with van der Waals surface area (Å²) < 4.78 is 0. The highest BCUT2D eigenvalue weighted by Gasteiger charge is 2.26. The highest BCUT2D eigenvalue weighted by atomic mass is 35.5. The summed E-state index contributed by atoms with van der Waals surface area (Å²) in [6.07, 6.45) is 3.04. The number of halogens is 1. The van der Waals surface area contributed by atoms with E-state index in [0.717, 1.165) is 25.0 Å². The average molecular weight is 329 g/mol. The van der Waals surface area contributed by atoms with E-state index in [-0.39, 0.29) is 28.2 Å². The zero-order valence-corrected chi connectivity index (χ0v) is 13.2. The summed E-state index contributed by atoms with van der Waals surface area (Å²) in [5.41, 5.74) is 0.172. The first kappa shape index (κ1) is 16.1. The lowest BCUT2D eigenvalue weighted by atomic mass is 10.1. The van der Waals surface area contributed by atoms with Gasteiger partial charge in [0.05, 0.1) is 15.5 Å². The van der Waals surface area contributed by atoms with Crippen LogP contribution in [0.15, 0.2) is 18.2 Å². The van der Waals surface area contributed by atoms with E-state index in [2.05, 4.69) is 12.2 Å². The largest absolute Gasteiger partial charge is 0.349 e. The number of carbonyl (C=O) groups is 1. The van der Waals surface area contributed by atoms with Gasteiger partial charge in [-0.3, -0.25) is 14.9 Å². The van der Waals surface area contributed by atoms with Crippen molar-refractivity contribution in [1.82, 2.24) is 5.32 Å². The molecule has 0 spiro atoms. The third kappa shape index (κ3) is 4.11. The van der Waals surface area contributed by atoms with Gasteiger partial charge in [-0.05, 0) is 31.1 Å². The van der Waals surface area contributed by atoms with Gasteiger partial charge in [-0.2, -0.15) is 11.8 Å². The molecule has 2 atom stereocenters. The average Bonchev–Trinajstić information content (AvgIpc) is 2.86. The van der Waals surface area contributed by atoms with Crippen molar-refractivity contribution < 1.29 is 9.72 Å². The molecule has 2 unspecified atom stereocenters. The second kappa shape index (κ2) is 7.13. The van der Waals surface area contributed by atoms with E-state index in [0.29, 0.717) is 5.25 Å². The number of non-ortho nitro benzene ring substituents is 1. The Morgan fingerprint density at radius 1 is 1.52 bits per heavy atom. The van der Waals surface area contributed by atoms with Gasteiger partial charge < -0.3 is 5.32 Å². The molecular weight excluding hydrogens is 312 g/mol. The molecule has 0 heterocycles. The molecular formula is C14H17ClN2O3S. The number of hydrogen-bond acceptors (Lipinski definition) is 4. The van der Waals surface area contributed by atoms with Gasteiger partial charge in [0, 0.05) is 23.4 Å². The molecule has 1 fully saturated rings. The molecule has 1 amide bonds.